The van der Waals surface area contributed by atoms with Crippen LogP contribution in [0.15, 0.2) is 60.8 Å². The van der Waals surface area contributed by atoms with Gasteiger partial charge < -0.3 is 15.0 Å². The SMILES string of the molecule is O=C(O)c1cccc(CNC(=O)c2cn3c(n2)C(c2ccccc2)N(CC2CCCCC2)CC3)c1. The molecule has 1 aliphatic carbocycles. The number of hydrogen-bond acceptors (Lipinski definition) is 4. The molecular formula is C28H32N4O3. The van der Waals surface area contributed by atoms with Crippen LogP contribution >= 0.6 is 0 Å². The minimum absolute atomic E-state index is 0.0284. The second-order valence-corrected chi connectivity index (χ2v) is 9.68. The van der Waals surface area contributed by atoms with Crippen molar-refractivity contribution in [3.05, 3.63) is 89.0 Å². The highest BCUT2D eigenvalue weighted by Crippen LogP contribution is 2.34. The zero-order valence-electron chi connectivity index (χ0n) is 19.9. The lowest BCUT2D eigenvalue weighted by Crippen LogP contribution is -2.41. The molecule has 2 N–H and O–H groups in total. The number of imidazole rings is 1. The molecule has 1 aromatic heterocycles. The van der Waals surface area contributed by atoms with E-state index in [1.807, 2.05) is 12.3 Å². The number of fused-ring (bicyclic) bond motifs is 1. The molecular weight excluding hydrogens is 440 g/mol. The van der Waals surface area contributed by atoms with Crippen LogP contribution in [0.25, 0.3) is 0 Å². The summed E-state index contributed by atoms with van der Waals surface area (Å²) in [6.45, 7) is 3.06. The number of rotatable bonds is 7. The van der Waals surface area contributed by atoms with Gasteiger partial charge in [0.05, 0.1) is 11.6 Å². The first-order valence-corrected chi connectivity index (χ1v) is 12.5. The molecule has 1 aliphatic heterocycles. The number of carboxylic acid groups (broad SMARTS) is 1. The molecule has 3 aromatic rings. The first kappa shape index (κ1) is 23.3. The molecule has 182 valence electrons. The third-order valence-electron chi connectivity index (χ3n) is 7.24. The summed E-state index contributed by atoms with van der Waals surface area (Å²) in [5.41, 5.74) is 2.54. The van der Waals surface area contributed by atoms with Crippen molar-refractivity contribution >= 4 is 11.9 Å². The van der Waals surface area contributed by atoms with E-state index >= 15 is 0 Å². The predicted octanol–water partition coefficient (Wildman–Crippen LogP) is 4.50. The van der Waals surface area contributed by atoms with E-state index in [1.54, 1.807) is 24.3 Å². The number of carbonyl (C=O) groups excluding carboxylic acids is 1. The van der Waals surface area contributed by atoms with E-state index in [0.29, 0.717) is 5.69 Å². The molecule has 1 fully saturated rings. The Morgan fingerprint density at radius 2 is 1.80 bits per heavy atom. The van der Waals surface area contributed by atoms with Crippen molar-refractivity contribution in [3.63, 3.8) is 0 Å². The van der Waals surface area contributed by atoms with Crippen molar-refractivity contribution in [1.29, 1.82) is 0 Å². The molecule has 2 aromatic carbocycles. The fourth-order valence-corrected chi connectivity index (χ4v) is 5.45. The Hall–Kier alpha value is -3.45. The van der Waals surface area contributed by atoms with E-state index in [2.05, 4.69) is 39.0 Å². The number of hydrogen-bond donors (Lipinski definition) is 2. The summed E-state index contributed by atoms with van der Waals surface area (Å²) in [6, 6.07) is 17.1. The highest BCUT2D eigenvalue weighted by molar-refractivity contribution is 5.92. The maximum atomic E-state index is 13.0. The zero-order chi connectivity index (χ0) is 24.2. The second-order valence-electron chi connectivity index (χ2n) is 9.68. The number of amides is 1. The van der Waals surface area contributed by atoms with Gasteiger partial charge in [-0.05, 0) is 42.0 Å². The molecule has 7 nitrogen and oxygen atoms in total. The molecule has 35 heavy (non-hydrogen) atoms. The van der Waals surface area contributed by atoms with Crippen molar-refractivity contribution in [3.8, 4) is 0 Å². The molecule has 1 saturated carbocycles. The Balaban J connectivity index is 1.35. The van der Waals surface area contributed by atoms with Gasteiger partial charge in [-0.3, -0.25) is 9.69 Å². The van der Waals surface area contributed by atoms with Crippen molar-refractivity contribution in [2.75, 3.05) is 13.1 Å². The van der Waals surface area contributed by atoms with Crippen molar-refractivity contribution < 1.29 is 14.7 Å². The van der Waals surface area contributed by atoms with Gasteiger partial charge in [0.15, 0.2) is 0 Å². The number of aromatic carboxylic acids is 1. The Morgan fingerprint density at radius 3 is 2.57 bits per heavy atom. The van der Waals surface area contributed by atoms with Crippen LogP contribution in [0.2, 0.25) is 0 Å². The molecule has 2 aliphatic rings. The van der Waals surface area contributed by atoms with Gasteiger partial charge in [0.1, 0.15) is 11.5 Å². The molecule has 0 radical (unpaired) electrons. The fourth-order valence-electron chi connectivity index (χ4n) is 5.45. The number of benzene rings is 2. The Kier molecular flexibility index (Phi) is 6.95. The van der Waals surface area contributed by atoms with Gasteiger partial charge in [0.25, 0.3) is 5.91 Å². The summed E-state index contributed by atoms with van der Waals surface area (Å²) >= 11 is 0. The van der Waals surface area contributed by atoms with E-state index in [9.17, 15) is 14.7 Å². The number of nitrogens with one attached hydrogen (secondary N) is 1. The lowest BCUT2D eigenvalue weighted by Gasteiger charge is -2.39. The highest BCUT2D eigenvalue weighted by atomic mass is 16.4. The topological polar surface area (TPSA) is 87.5 Å². The molecule has 5 rings (SSSR count). The minimum Gasteiger partial charge on any atom is -0.478 e. The molecule has 0 spiro atoms. The lowest BCUT2D eigenvalue weighted by molar-refractivity contribution is 0.0696. The molecule has 2 heterocycles. The summed E-state index contributed by atoms with van der Waals surface area (Å²) < 4.78 is 2.12. The Morgan fingerprint density at radius 1 is 1.00 bits per heavy atom. The summed E-state index contributed by atoms with van der Waals surface area (Å²) in [7, 11) is 0. The van der Waals surface area contributed by atoms with Gasteiger partial charge in [0, 0.05) is 32.4 Å². The molecule has 1 unspecified atom stereocenters. The van der Waals surface area contributed by atoms with Crippen molar-refractivity contribution in [2.24, 2.45) is 5.92 Å². The van der Waals surface area contributed by atoms with Crippen LogP contribution in [-0.4, -0.2) is 44.5 Å². The fraction of sp³-hybridized carbons (Fsp3) is 0.393. The van der Waals surface area contributed by atoms with E-state index in [-0.39, 0.29) is 24.1 Å². The van der Waals surface area contributed by atoms with E-state index < -0.39 is 5.97 Å². The van der Waals surface area contributed by atoms with Crippen molar-refractivity contribution in [1.82, 2.24) is 19.8 Å². The summed E-state index contributed by atoms with van der Waals surface area (Å²) in [5.74, 6) is 0.403. The summed E-state index contributed by atoms with van der Waals surface area (Å²) in [6.07, 6.45) is 8.44. The van der Waals surface area contributed by atoms with Crippen LogP contribution in [-0.2, 0) is 13.1 Å². The molecule has 0 bridgehead atoms. The van der Waals surface area contributed by atoms with E-state index in [4.69, 9.17) is 4.98 Å². The van der Waals surface area contributed by atoms with Gasteiger partial charge in [-0.15, -0.1) is 0 Å². The number of carboxylic acids is 1. The third kappa shape index (κ3) is 5.30. The number of aromatic nitrogens is 2. The average Bonchev–Trinajstić information content (AvgIpc) is 3.33. The monoisotopic (exact) mass is 472 g/mol. The highest BCUT2D eigenvalue weighted by Gasteiger charge is 2.33. The first-order valence-electron chi connectivity index (χ1n) is 12.5. The quantitative estimate of drug-likeness (QED) is 0.529. The van der Waals surface area contributed by atoms with Crippen LogP contribution in [0.4, 0.5) is 0 Å². The van der Waals surface area contributed by atoms with Crippen LogP contribution in [0, 0.1) is 5.92 Å². The van der Waals surface area contributed by atoms with Gasteiger partial charge in [-0.25, -0.2) is 9.78 Å². The van der Waals surface area contributed by atoms with Crippen LogP contribution in [0.3, 0.4) is 0 Å². The lowest BCUT2D eigenvalue weighted by atomic mass is 9.88. The largest absolute Gasteiger partial charge is 0.478 e. The zero-order valence-corrected chi connectivity index (χ0v) is 19.9. The van der Waals surface area contributed by atoms with Gasteiger partial charge in [-0.2, -0.15) is 0 Å². The van der Waals surface area contributed by atoms with Crippen molar-refractivity contribution in [2.45, 2.75) is 51.2 Å². The van der Waals surface area contributed by atoms with Crippen LogP contribution in [0.5, 0.6) is 0 Å². The summed E-state index contributed by atoms with van der Waals surface area (Å²) in [5, 5.41) is 12.1. The molecule has 1 atom stereocenters. The molecule has 7 heteroatoms. The maximum Gasteiger partial charge on any atom is 0.335 e. The van der Waals surface area contributed by atoms with Gasteiger partial charge in [0.2, 0.25) is 0 Å². The van der Waals surface area contributed by atoms with E-state index in [1.165, 1.54) is 37.7 Å². The predicted molar refractivity (Wildman–Crippen MR) is 133 cm³/mol. The average molecular weight is 473 g/mol. The normalized spacial score (nSPS) is 18.7. The number of nitrogens with zero attached hydrogens (tertiary/aromatic N) is 3. The number of carbonyl (C=O) groups is 2. The Labute approximate surface area is 205 Å². The van der Waals surface area contributed by atoms with Crippen LogP contribution in [0.1, 0.15) is 75.9 Å². The van der Waals surface area contributed by atoms with Gasteiger partial charge >= 0.3 is 5.97 Å². The van der Waals surface area contributed by atoms with Gasteiger partial charge in [-0.1, -0.05) is 61.7 Å². The summed E-state index contributed by atoms with van der Waals surface area (Å²) in [4.78, 5) is 31.6. The molecule has 1 amide bonds. The first-order chi connectivity index (χ1) is 17.1. The molecule has 0 saturated heterocycles. The second kappa shape index (κ2) is 10.4. The third-order valence-corrected chi connectivity index (χ3v) is 7.24. The van der Waals surface area contributed by atoms with Crippen LogP contribution < -0.4 is 5.32 Å². The Bertz CT molecular complexity index is 1180. The standard InChI is InChI=1S/C28H32N4O3/c33-27(29-17-21-10-7-13-23(16-21)28(34)35)24-19-32-15-14-31(18-20-8-3-1-4-9-20)25(26(32)30-24)22-11-5-2-6-12-22/h2,5-7,10-13,16,19-20,25H,1,3-4,8-9,14-15,17-18H2,(H,29,33)(H,34,35). The smallest absolute Gasteiger partial charge is 0.335 e. The minimum atomic E-state index is -0.982. The maximum absolute atomic E-state index is 13.0. The van der Waals surface area contributed by atoms with E-state index in [0.717, 1.165) is 36.9 Å².